The van der Waals surface area contributed by atoms with Crippen molar-refractivity contribution in [1.29, 1.82) is 0 Å². The second kappa shape index (κ2) is 10.3. The van der Waals surface area contributed by atoms with Crippen LogP contribution in [0, 0.1) is 13.8 Å². The normalized spacial score (nSPS) is 15.3. The third-order valence-corrected chi connectivity index (χ3v) is 6.59. The van der Waals surface area contributed by atoms with E-state index < -0.39 is 0 Å². The number of fused-ring (bicyclic) bond motifs is 1. The molecule has 174 valence electrons. The summed E-state index contributed by atoms with van der Waals surface area (Å²) in [4.78, 5) is 17.4. The number of hydrogen-bond acceptors (Lipinski definition) is 4. The van der Waals surface area contributed by atoms with Crippen molar-refractivity contribution >= 4 is 22.4 Å². The van der Waals surface area contributed by atoms with Crippen molar-refractivity contribution in [2.75, 3.05) is 39.3 Å². The Hall–Kier alpha value is -3.05. The van der Waals surface area contributed by atoms with E-state index in [1.54, 1.807) is 6.08 Å². The van der Waals surface area contributed by atoms with Gasteiger partial charge < -0.3 is 14.1 Å². The summed E-state index contributed by atoms with van der Waals surface area (Å²) in [5.41, 5.74) is 5.17. The Bertz CT molecular complexity index is 1140. The lowest BCUT2D eigenvalue weighted by Crippen LogP contribution is -2.48. The number of amides is 1. The van der Waals surface area contributed by atoms with Crippen LogP contribution in [0.25, 0.3) is 16.5 Å². The second-order valence-corrected chi connectivity index (χ2v) is 8.79. The quantitative estimate of drug-likeness (QED) is 0.466. The van der Waals surface area contributed by atoms with Crippen LogP contribution in [0.2, 0.25) is 0 Å². The van der Waals surface area contributed by atoms with Gasteiger partial charge in [-0.3, -0.25) is 9.69 Å². The third kappa shape index (κ3) is 5.31. The number of carbonyl (C=O) groups is 1. The van der Waals surface area contributed by atoms with E-state index in [-0.39, 0.29) is 5.91 Å². The zero-order chi connectivity index (χ0) is 23.4. The molecule has 1 aromatic heterocycles. The highest BCUT2D eigenvalue weighted by atomic mass is 16.5. The van der Waals surface area contributed by atoms with Gasteiger partial charge in [0, 0.05) is 55.8 Å². The number of aryl methyl sites for hydroxylation is 2. The Morgan fingerprint density at radius 1 is 1.09 bits per heavy atom. The summed E-state index contributed by atoms with van der Waals surface area (Å²) < 4.78 is 11.8. The molecule has 4 rings (SSSR count). The Kier molecular flexibility index (Phi) is 7.19. The zero-order valence-corrected chi connectivity index (χ0v) is 20.2. The molecule has 1 aliphatic heterocycles. The van der Waals surface area contributed by atoms with Crippen LogP contribution >= 0.6 is 0 Å². The molecule has 0 atom stereocenters. The van der Waals surface area contributed by atoms with Crippen molar-refractivity contribution in [3.05, 3.63) is 71.0 Å². The summed E-state index contributed by atoms with van der Waals surface area (Å²) in [5.74, 6) is 1.73. The SMILES string of the molecule is CCOc1cc2oc(C)c(C)c2cc1/C(C)=C/C(=O)N1CCN(CCc2ccccc2)CC1. The molecule has 0 N–H and O–H groups in total. The Labute approximate surface area is 196 Å². The number of carbonyl (C=O) groups excluding carboxylic acids is 1. The average molecular weight is 447 g/mol. The van der Waals surface area contributed by atoms with Gasteiger partial charge in [-0.1, -0.05) is 30.3 Å². The number of ether oxygens (including phenoxy) is 1. The fraction of sp³-hybridized carbons (Fsp3) is 0.393. The molecule has 1 aliphatic rings. The molecule has 33 heavy (non-hydrogen) atoms. The molecule has 0 bridgehead atoms. The summed E-state index contributed by atoms with van der Waals surface area (Å²) >= 11 is 0. The highest BCUT2D eigenvalue weighted by Crippen LogP contribution is 2.35. The van der Waals surface area contributed by atoms with Crippen molar-refractivity contribution in [1.82, 2.24) is 9.80 Å². The maximum absolute atomic E-state index is 13.0. The van der Waals surface area contributed by atoms with Gasteiger partial charge in [0.15, 0.2) is 0 Å². The fourth-order valence-electron chi connectivity index (χ4n) is 4.43. The van der Waals surface area contributed by atoms with E-state index in [2.05, 4.69) is 48.2 Å². The number of allylic oxidation sites excluding steroid dienone is 1. The van der Waals surface area contributed by atoms with Gasteiger partial charge >= 0.3 is 0 Å². The molecule has 0 aliphatic carbocycles. The van der Waals surface area contributed by atoms with Crippen molar-refractivity contribution in [2.45, 2.75) is 34.1 Å². The van der Waals surface area contributed by atoms with Gasteiger partial charge in [-0.15, -0.1) is 0 Å². The highest BCUT2D eigenvalue weighted by Gasteiger charge is 2.21. The Morgan fingerprint density at radius 2 is 1.82 bits per heavy atom. The number of piperazine rings is 1. The smallest absolute Gasteiger partial charge is 0.246 e. The third-order valence-electron chi connectivity index (χ3n) is 6.59. The standard InChI is InChI=1S/C28H34N2O3/c1-5-32-26-19-27-25(21(3)22(4)33-27)18-24(26)20(2)17-28(31)30-15-13-29(14-16-30)12-11-23-9-7-6-8-10-23/h6-10,17-19H,5,11-16H2,1-4H3/b20-17+. The number of hydrogen-bond donors (Lipinski definition) is 0. The van der Waals surface area contributed by atoms with Gasteiger partial charge in [0.1, 0.15) is 17.1 Å². The summed E-state index contributed by atoms with van der Waals surface area (Å²) in [6.07, 6.45) is 2.80. The topological polar surface area (TPSA) is 45.9 Å². The molecular weight excluding hydrogens is 412 g/mol. The van der Waals surface area contributed by atoms with Gasteiger partial charge in [-0.2, -0.15) is 0 Å². The molecule has 2 aromatic carbocycles. The van der Waals surface area contributed by atoms with Crippen molar-refractivity contribution < 1.29 is 13.9 Å². The number of nitrogens with zero attached hydrogens (tertiary/aromatic N) is 2. The molecule has 1 fully saturated rings. The predicted octanol–water partition coefficient (Wildman–Crippen LogP) is 5.24. The summed E-state index contributed by atoms with van der Waals surface area (Å²) in [5, 5.41) is 1.07. The monoisotopic (exact) mass is 446 g/mol. The average Bonchev–Trinajstić information content (AvgIpc) is 3.10. The van der Waals surface area contributed by atoms with Crippen LogP contribution in [0.4, 0.5) is 0 Å². The molecule has 0 spiro atoms. The first-order valence-electron chi connectivity index (χ1n) is 11.9. The van der Waals surface area contributed by atoms with Crippen molar-refractivity contribution in [2.24, 2.45) is 0 Å². The first-order valence-corrected chi connectivity index (χ1v) is 11.9. The molecular formula is C28H34N2O3. The maximum Gasteiger partial charge on any atom is 0.246 e. The van der Waals surface area contributed by atoms with Crippen LogP contribution in [-0.2, 0) is 11.2 Å². The van der Waals surface area contributed by atoms with E-state index >= 15 is 0 Å². The molecule has 1 saturated heterocycles. The molecule has 2 heterocycles. The molecule has 1 amide bonds. The van der Waals surface area contributed by atoms with Crippen LogP contribution in [0.3, 0.4) is 0 Å². The lowest BCUT2D eigenvalue weighted by atomic mass is 10.0. The lowest BCUT2D eigenvalue weighted by Gasteiger charge is -2.34. The molecule has 0 radical (unpaired) electrons. The first kappa shape index (κ1) is 23.1. The maximum atomic E-state index is 13.0. The van der Waals surface area contributed by atoms with Crippen LogP contribution in [-0.4, -0.2) is 55.0 Å². The van der Waals surface area contributed by atoms with Gasteiger partial charge in [-0.25, -0.2) is 0 Å². The molecule has 5 nitrogen and oxygen atoms in total. The van der Waals surface area contributed by atoms with Crippen LogP contribution in [0.1, 0.15) is 36.3 Å². The molecule has 5 heteroatoms. The van der Waals surface area contributed by atoms with Gasteiger partial charge in [0.2, 0.25) is 5.91 Å². The second-order valence-electron chi connectivity index (χ2n) is 8.79. The minimum absolute atomic E-state index is 0.0675. The van der Waals surface area contributed by atoms with E-state index in [1.165, 1.54) is 5.56 Å². The Morgan fingerprint density at radius 3 is 2.52 bits per heavy atom. The summed E-state index contributed by atoms with van der Waals surface area (Å²) in [6.45, 7) is 12.9. The van der Waals surface area contributed by atoms with E-state index in [0.29, 0.717) is 6.61 Å². The lowest BCUT2D eigenvalue weighted by molar-refractivity contribution is -0.127. The minimum Gasteiger partial charge on any atom is -0.493 e. The number of furan rings is 1. The van der Waals surface area contributed by atoms with Gasteiger partial charge in [-0.05, 0) is 56.9 Å². The van der Waals surface area contributed by atoms with Crippen molar-refractivity contribution in [3.8, 4) is 5.75 Å². The predicted molar refractivity (Wildman–Crippen MR) is 134 cm³/mol. The minimum atomic E-state index is 0.0675. The zero-order valence-electron chi connectivity index (χ0n) is 20.2. The van der Waals surface area contributed by atoms with E-state index in [9.17, 15) is 4.79 Å². The molecule has 3 aromatic rings. The summed E-state index contributed by atoms with van der Waals surface area (Å²) in [7, 11) is 0. The highest BCUT2D eigenvalue weighted by molar-refractivity contribution is 5.97. The van der Waals surface area contributed by atoms with Crippen LogP contribution < -0.4 is 4.74 Å². The summed E-state index contributed by atoms with van der Waals surface area (Å²) in [6, 6.07) is 14.6. The van der Waals surface area contributed by atoms with E-state index in [1.807, 2.05) is 31.7 Å². The van der Waals surface area contributed by atoms with E-state index in [4.69, 9.17) is 9.15 Å². The van der Waals surface area contributed by atoms with Gasteiger partial charge in [0.05, 0.1) is 6.61 Å². The van der Waals surface area contributed by atoms with Crippen molar-refractivity contribution in [3.63, 3.8) is 0 Å². The van der Waals surface area contributed by atoms with Gasteiger partial charge in [0.25, 0.3) is 0 Å². The largest absolute Gasteiger partial charge is 0.493 e. The molecule has 0 saturated carbocycles. The fourth-order valence-corrected chi connectivity index (χ4v) is 4.43. The molecule has 0 unspecified atom stereocenters. The van der Waals surface area contributed by atoms with E-state index in [0.717, 1.165) is 78.3 Å². The first-order chi connectivity index (χ1) is 16.0. The van der Waals surface area contributed by atoms with Crippen LogP contribution in [0.5, 0.6) is 5.75 Å². The number of benzene rings is 2. The van der Waals surface area contributed by atoms with Crippen LogP contribution in [0.15, 0.2) is 53.0 Å². The Balaban J connectivity index is 1.42. The number of rotatable bonds is 7.